The maximum atomic E-state index is 9.24. The van der Waals surface area contributed by atoms with Gasteiger partial charge in [-0.15, -0.1) is 0 Å². The Kier molecular flexibility index (Phi) is 3.38. The molecule has 1 aromatic rings. The molecular weight excluding hydrogens is 222 g/mol. The Morgan fingerprint density at radius 2 is 2.47 bits per heavy atom. The highest BCUT2D eigenvalue weighted by Gasteiger charge is 2.26. The molecule has 0 saturated carbocycles. The topological polar surface area (TPSA) is 108 Å². The molecule has 1 atom stereocenters. The second kappa shape index (κ2) is 4.96. The molecule has 7 nitrogen and oxygen atoms in total. The summed E-state index contributed by atoms with van der Waals surface area (Å²) in [4.78, 5) is 10.3. The van der Waals surface area contributed by atoms with Gasteiger partial charge in [-0.25, -0.2) is 9.97 Å². The van der Waals surface area contributed by atoms with Gasteiger partial charge in [-0.1, -0.05) is 5.16 Å². The summed E-state index contributed by atoms with van der Waals surface area (Å²) in [6, 6.07) is 1.63. The third kappa shape index (κ3) is 2.28. The predicted octanol–water partition coefficient (Wildman–Crippen LogP) is -0.468. The lowest BCUT2D eigenvalue weighted by Gasteiger charge is -2.22. The van der Waals surface area contributed by atoms with Crippen molar-refractivity contribution in [2.45, 2.75) is 18.9 Å². The van der Waals surface area contributed by atoms with E-state index in [2.05, 4.69) is 15.1 Å². The summed E-state index contributed by atoms with van der Waals surface area (Å²) in [7, 11) is 0. The van der Waals surface area contributed by atoms with Gasteiger partial charge in [0.15, 0.2) is 5.84 Å². The lowest BCUT2D eigenvalue weighted by Crippen LogP contribution is -2.34. The number of hydrogen-bond acceptors (Lipinski definition) is 6. The molecule has 0 aliphatic carbocycles. The first-order chi connectivity index (χ1) is 8.26. The third-order valence-corrected chi connectivity index (χ3v) is 2.86. The van der Waals surface area contributed by atoms with Gasteiger partial charge in [-0.3, -0.25) is 0 Å². The van der Waals surface area contributed by atoms with E-state index < -0.39 is 0 Å². The molecule has 7 heteroatoms. The van der Waals surface area contributed by atoms with Crippen molar-refractivity contribution in [3.8, 4) is 0 Å². The van der Waals surface area contributed by atoms with Crippen LogP contribution in [-0.4, -0.2) is 45.3 Å². The van der Waals surface area contributed by atoms with Gasteiger partial charge in [0.2, 0.25) is 5.95 Å². The summed E-state index contributed by atoms with van der Waals surface area (Å²) in [5, 5.41) is 20.7. The number of amidine groups is 1. The fraction of sp³-hybridized carbons (Fsp3) is 0.500. The van der Waals surface area contributed by atoms with E-state index >= 15 is 0 Å². The van der Waals surface area contributed by atoms with Crippen LogP contribution in [0, 0.1) is 0 Å². The maximum Gasteiger partial charge on any atom is 0.226 e. The van der Waals surface area contributed by atoms with Gasteiger partial charge in [0, 0.05) is 12.7 Å². The third-order valence-electron chi connectivity index (χ3n) is 2.86. The van der Waals surface area contributed by atoms with Crippen molar-refractivity contribution in [1.82, 2.24) is 9.97 Å². The van der Waals surface area contributed by atoms with Gasteiger partial charge in [-0.05, 0) is 18.9 Å². The maximum absolute atomic E-state index is 9.24. The summed E-state index contributed by atoms with van der Waals surface area (Å²) < 4.78 is 0. The van der Waals surface area contributed by atoms with Crippen LogP contribution < -0.4 is 10.6 Å². The molecule has 92 valence electrons. The van der Waals surface area contributed by atoms with Gasteiger partial charge < -0.3 is 20.9 Å². The fourth-order valence-corrected chi connectivity index (χ4v) is 1.97. The molecule has 0 aromatic carbocycles. The minimum atomic E-state index is -0.0478. The van der Waals surface area contributed by atoms with Crippen LogP contribution in [0.15, 0.2) is 17.4 Å². The van der Waals surface area contributed by atoms with E-state index in [0.717, 1.165) is 19.4 Å². The van der Waals surface area contributed by atoms with Crippen LogP contribution in [0.3, 0.4) is 0 Å². The summed E-state index contributed by atoms with van der Waals surface area (Å²) >= 11 is 0. The minimum Gasteiger partial charge on any atom is -0.409 e. The number of aliphatic hydroxyl groups excluding tert-OH is 1. The van der Waals surface area contributed by atoms with Crippen LogP contribution >= 0.6 is 0 Å². The zero-order chi connectivity index (χ0) is 12.3. The van der Waals surface area contributed by atoms with Crippen molar-refractivity contribution in [3.05, 3.63) is 18.0 Å². The van der Waals surface area contributed by atoms with Gasteiger partial charge in [0.25, 0.3) is 0 Å². The predicted molar refractivity (Wildman–Crippen MR) is 62.0 cm³/mol. The van der Waals surface area contributed by atoms with Crippen molar-refractivity contribution in [2.24, 2.45) is 10.9 Å². The average molecular weight is 237 g/mol. The van der Waals surface area contributed by atoms with Crippen molar-refractivity contribution in [3.63, 3.8) is 0 Å². The Morgan fingerprint density at radius 3 is 3.18 bits per heavy atom. The second-order valence-corrected chi connectivity index (χ2v) is 3.90. The number of anilines is 1. The Balaban J connectivity index is 2.27. The highest BCUT2D eigenvalue weighted by molar-refractivity contribution is 5.95. The highest BCUT2D eigenvalue weighted by Crippen LogP contribution is 2.21. The highest BCUT2D eigenvalue weighted by atomic mass is 16.4. The van der Waals surface area contributed by atoms with Crippen LogP contribution in [-0.2, 0) is 0 Å². The van der Waals surface area contributed by atoms with Crippen LogP contribution in [0.4, 0.5) is 5.95 Å². The van der Waals surface area contributed by atoms with Gasteiger partial charge in [0.05, 0.1) is 12.6 Å². The minimum absolute atomic E-state index is 0.0478. The fourth-order valence-electron chi connectivity index (χ4n) is 1.97. The largest absolute Gasteiger partial charge is 0.409 e. The van der Waals surface area contributed by atoms with Crippen LogP contribution in [0.2, 0.25) is 0 Å². The number of hydrogen-bond donors (Lipinski definition) is 3. The molecule has 2 rings (SSSR count). The molecule has 1 unspecified atom stereocenters. The first-order valence-electron chi connectivity index (χ1n) is 5.44. The molecular formula is C10H15N5O2. The number of aromatic nitrogens is 2. The van der Waals surface area contributed by atoms with Gasteiger partial charge in [-0.2, -0.15) is 0 Å². The lowest BCUT2D eigenvalue weighted by atomic mass is 10.2. The van der Waals surface area contributed by atoms with Crippen molar-refractivity contribution in [1.29, 1.82) is 0 Å². The molecule has 1 saturated heterocycles. The molecule has 1 fully saturated rings. The van der Waals surface area contributed by atoms with Crippen molar-refractivity contribution < 1.29 is 10.3 Å². The zero-order valence-electron chi connectivity index (χ0n) is 9.32. The number of nitrogens with zero attached hydrogens (tertiary/aromatic N) is 4. The summed E-state index contributed by atoms with van der Waals surface area (Å²) in [6.45, 7) is 0.891. The van der Waals surface area contributed by atoms with E-state index in [1.54, 1.807) is 12.3 Å². The second-order valence-electron chi connectivity index (χ2n) is 3.90. The first-order valence-corrected chi connectivity index (χ1v) is 5.44. The SMILES string of the molecule is N/C(=N/O)c1ccnc(N2CCCC2CO)n1. The van der Waals surface area contributed by atoms with Crippen LogP contribution in [0.1, 0.15) is 18.5 Å². The van der Waals surface area contributed by atoms with E-state index in [1.807, 2.05) is 4.90 Å². The monoisotopic (exact) mass is 237 g/mol. The van der Waals surface area contributed by atoms with Crippen LogP contribution in [0.5, 0.6) is 0 Å². The van der Waals surface area contributed by atoms with Gasteiger partial charge >= 0.3 is 0 Å². The quantitative estimate of drug-likeness (QED) is 0.284. The molecule has 1 aromatic heterocycles. The molecule has 0 radical (unpaired) electrons. The molecule has 0 amide bonds. The standard InChI is InChI=1S/C10H15N5O2/c11-9(14-17)8-3-4-12-10(13-8)15-5-1-2-7(15)6-16/h3-4,7,16-17H,1-2,5-6H2,(H2,11,14). The number of rotatable bonds is 3. The van der Waals surface area contributed by atoms with E-state index in [4.69, 9.17) is 10.9 Å². The first kappa shape index (κ1) is 11.6. The zero-order valence-corrected chi connectivity index (χ0v) is 9.32. The number of oxime groups is 1. The molecule has 1 aliphatic rings. The van der Waals surface area contributed by atoms with Crippen molar-refractivity contribution >= 4 is 11.8 Å². The van der Waals surface area contributed by atoms with E-state index in [0.29, 0.717) is 11.6 Å². The van der Waals surface area contributed by atoms with E-state index in [-0.39, 0.29) is 18.5 Å². The number of nitrogens with two attached hydrogens (primary N) is 1. The Hall–Kier alpha value is -1.89. The summed E-state index contributed by atoms with van der Waals surface area (Å²) in [5.41, 5.74) is 5.85. The summed E-state index contributed by atoms with van der Waals surface area (Å²) in [6.07, 6.45) is 3.48. The molecule has 1 aliphatic heterocycles. The van der Waals surface area contributed by atoms with Crippen molar-refractivity contribution in [2.75, 3.05) is 18.1 Å². The Labute approximate surface area is 98.6 Å². The normalized spacial score (nSPS) is 20.9. The molecule has 0 bridgehead atoms. The Bertz CT molecular complexity index is 423. The van der Waals surface area contributed by atoms with E-state index in [1.165, 1.54) is 0 Å². The smallest absolute Gasteiger partial charge is 0.226 e. The van der Waals surface area contributed by atoms with Crippen LogP contribution in [0.25, 0.3) is 0 Å². The van der Waals surface area contributed by atoms with Gasteiger partial charge in [0.1, 0.15) is 5.69 Å². The average Bonchev–Trinajstić information content (AvgIpc) is 2.86. The lowest BCUT2D eigenvalue weighted by molar-refractivity contribution is 0.265. The molecule has 0 spiro atoms. The Morgan fingerprint density at radius 1 is 1.65 bits per heavy atom. The van der Waals surface area contributed by atoms with E-state index in [9.17, 15) is 5.11 Å². The molecule has 2 heterocycles. The molecule has 17 heavy (non-hydrogen) atoms. The summed E-state index contributed by atoms with van der Waals surface area (Å²) in [5.74, 6) is 0.457. The number of aliphatic hydroxyl groups is 1. The molecule has 4 N–H and O–H groups in total.